The summed E-state index contributed by atoms with van der Waals surface area (Å²) in [6.45, 7) is 5.92. The number of hydrogen-bond donors (Lipinski definition) is 1. The first-order valence-corrected chi connectivity index (χ1v) is 8.79. The van der Waals surface area contributed by atoms with Crippen LogP contribution in [0.3, 0.4) is 0 Å². The normalized spacial score (nSPS) is 17.3. The van der Waals surface area contributed by atoms with Gasteiger partial charge in [0.05, 0.1) is 0 Å². The van der Waals surface area contributed by atoms with E-state index < -0.39 is 5.97 Å². The van der Waals surface area contributed by atoms with Crippen molar-refractivity contribution in [1.29, 1.82) is 0 Å². The number of aliphatic carboxylic acids is 1. The van der Waals surface area contributed by atoms with Gasteiger partial charge in [-0.2, -0.15) is 0 Å². The van der Waals surface area contributed by atoms with Crippen LogP contribution in [0.15, 0.2) is 30.8 Å². The Bertz CT molecular complexity index is 591. The Morgan fingerprint density at radius 1 is 1.21 bits per heavy atom. The molecule has 4 nitrogen and oxygen atoms in total. The maximum absolute atomic E-state index is 12.3. The van der Waals surface area contributed by atoms with Crippen LogP contribution in [0.5, 0.6) is 0 Å². The number of carbonyl (C=O) groups excluding carboxylic acids is 1. The first-order valence-electron chi connectivity index (χ1n) is 8.79. The zero-order valence-electron chi connectivity index (χ0n) is 14.5. The van der Waals surface area contributed by atoms with Crippen molar-refractivity contribution in [3.63, 3.8) is 0 Å². The maximum atomic E-state index is 12.3. The number of allylic oxidation sites excluding steroid dienone is 1. The summed E-state index contributed by atoms with van der Waals surface area (Å²) in [7, 11) is 0. The number of carboxylic acid groups (broad SMARTS) is 1. The van der Waals surface area contributed by atoms with Gasteiger partial charge in [0.15, 0.2) is 0 Å². The van der Waals surface area contributed by atoms with Gasteiger partial charge in [-0.1, -0.05) is 43.5 Å². The molecule has 0 unspecified atom stereocenters. The minimum atomic E-state index is -0.722. The van der Waals surface area contributed by atoms with Gasteiger partial charge in [0.2, 0.25) is 5.91 Å². The molecule has 1 aliphatic rings. The van der Waals surface area contributed by atoms with Crippen molar-refractivity contribution in [1.82, 2.24) is 0 Å². The fourth-order valence-corrected chi connectivity index (χ4v) is 3.29. The van der Waals surface area contributed by atoms with Gasteiger partial charge in [0, 0.05) is 24.6 Å². The molecule has 2 rings (SSSR count). The van der Waals surface area contributed by atoms with Gasteiger partial charge in [-0.15, -0.1) is 0 Å². The largest absolute Gasteiger partial charge is 0.481 e. The van der Waals surface area contributed by atoms with Crippen molar-refractivity contribution in [2.75, 3.05) is 4.90 Å². The summed E-state index contributed by atoms with van der Waals surface area (Å²) in [5.41, 5.74) is 3.09. The summed E-state index contributed by atoms with van der Waals surface area (Å²) in [4.78, 5) is 24.7. The first-order chi connectivity index (χ1) is 11.5. The molecule has 24 heavy (non-hydrogen) atoms. The summed E-state index contributed by atoms with van der Waals surface area (Å²) < 4.78 is 0. The molecule has 1 aromatic rings. The third-order valence-corrected chi connectivity index (χ3v) is 4.64. The van der Waals surface area contributed by atoms with Crippen LogP contribution < -0.4 is 4.90 Å². The number of carboxylic acids is 1. The van der Waals surface area contributed by atoms with E-state index >= 15 is 0 Å². The standard InChI is InChI=1S/C20H27NO3/c1-15(2)16-9-11-18(12-10-16)21-17(13-14-19(21)22)7-5-3-4-6-8-20(23)24/h9-12,17H,1,3-8,13-14H2,2H3,(H,23,24)/t17-/m0/s1. The Labute approximate surface area is 144 Å². The quantitative estimate of drug-likeness (QED) is 0.671. The number of carbonyl (C=O) groups is 2. The smallest absolute Gasteiger partial charge is 0.303 e. The van der Waals surface area contributed by atoms with E-state index in [0.717, 1.165) is 55.3 Å². The Morgan fingerprint density at radius 2 is 1.88 bits per heavy atom. The third kappa shape index (κ3) is 4.95. The predicted octanol–water partition coefficient (Wildman–Crippen LogP) is 4.64. The molecule has 130 valence electrons. The van der Waals surface area contributed by atoms with E-state index in [9.17, 15) is 9.59 Å². The van der Waals surface area contributed by atoms with E-state index in [1.54, 1.807) is 0 Å². The summed E-state index contributed by atoms with van der Waals surface area (Å²) in [5.74, 6) is -0.519. The van der Waals surface area contributed by atoms with Gasteiger partial charge in [0.1, 0.15) is 0 Å². The topological polar surface area (TPSA) is 57.6 Å². The van der Waals surface area contributed by atoms with E-state index in [-0.39, 0.29) is 18.4 Å². The van der Waals surface area contributed by atoms with Crippen LogP contribution in [0, 0.1) is 0 Å². The number of unbranched alkanes of at least 4 members (excludes halogenated alkanes) is 3. The number of hydrogen-bond acceptors (Lipinski definition) is 2. The highest BCUT2D eigenvalue weighted by Gasteiger charge is 2.31. The number of anilines is 1. The molecule has 0 aromatic heterocycles. The molecule has 1 fully saturated rings. The van der Waals surface area contributed by atoms with Gasteiger partial charge in [-0.3, -0.25) is 9.59 Å². The van der Waals surface area contributed by atoms with Crippen molar-refractivity contribution >= 4 is 23.1 Å². The lowest BCUT2D eigenvalue weighted by atomic mass is 10.0. The van der Waals surface area contributed by atoms with Gasteiger partial charge < -0.3 is 10.0 Å². The molecule has 1 aromatic carbocycles. The van der Waals surface area contributed by atoms with Crippen LogP contribution in [0.1, 0.15) is 63.9 Å². The van der Waals surface area contributed by atoms with Gasteiger partial charge in [-0.05, 0) is 43.9 Å². The SMILES string of the molecule is C=C(C)c1ccc(N2C(=O)CC[C@@H]2CCCCCCC(=O)O)cc1. The minimum Gasteiger partial charge on any atom is -0.481 e. The van der Waals surface area contributed by atoms with E-state index in [4.69, 9.17) is 5.11 Å². The summed E-state index contributed by atoms with van der Waals surface area (Å²) in [6.07, 6.45) is 6.52. The molecule has 1 atom stereocenters. The Kier molecular flexibility index (Phi) is 6.59. The van der Waals surface area contributed by atoms with Gasteiger partial charge in [0.25, 0.3) is 0 Å². The molecule has 1 N–H and O–H groups in total. The molecule has 1 amide bonds. The summed E-state index contributed by atoms with van der Waals surface area (Å²) in [6, 6.07) is 8.33. The van der Waals surface area contributed by atoms with Crippen LogP contribution in [0.4, 0.5) is 5.69 Å². The lowest BCUT2D eigenvalue weighted by Gasteiger charge is -2.25. The summed E-state index contributed by atoms with van der Waals surface area (Å²) in [5, 5.41) is 8.64. The molecule has 0 radical (unpaired) electrons. The van der Waals surface area contributed by atoms with Crippen LogP contribution in [-0.2, 0) is 9.59 Å². The molecule has 0 spiro atoms. The average Bonchev–Trinajstić information content (AvgIpc) is 2.91. The molecule has 1 aliphatic heterocycles. The fourth-order valence-electron chi connectivity index (χ4n) is 3.29. The molecule has 0 bridgehead atoms. The molecule has 1 heterocycles. The Morgan fingerprint density at radius 3 is 2.50 bits per heavy atom. The lowest BCUT2D eigenvalue weighted by molar-refractivity contribution is -0.137. The van der Waals surface area contributed by atoms with Crippen molar-refractivity contribution in [3.8, 4) is 0 Å². The average molecular weight is 329 g/mol. The zero-order valence-corrected chi connectivity index (χ0v) is 14.5. The second kappa shape index (κ2) is 8.67. The van der Waals surface area contributed by atoms with Gasteiger partial charge >= 0.3 is 5.97 Å². The first kappa shape index (κ1) is 18.2. The molecule has 0 aliphatic carbocycles. The maximum Gasteiger partial charge on any atom is 0.303 e. The highest BCUT2D eigenvalue weighted by atomic mass is 16.4. The Hall–Kier alpha value is -2.10. The fraction of sp³-hybridized carbons (Fsp3) is 0.500. The lowest BCUT2D eigenvalue weighted by Crippen LogP contribution is -2.32. The third-order valence-electron chi connectivity index (χ3n) is 4.64. The second-order valence-corrected chi connectivity index (χ2v) is 6.63. The van der Waals surface area contributed by atoms with E-state index in [1.807, 2.05) is 36.1 Å². The monoisotopic (exact) mass is 329 g/mol. The van der Waals surface area contributed by atoms with Crippen LogP contribution >= 0.6 is 0 Å². The number of benzene rings is 1. The van der Waals surface area contributed by atoms with Crippen molar-refractivity contribution < 1.29 is 14.7 Å². The molecule has 0 saturated carbocycles. The number of rotatable bonds is 9. The minimum absolute atomic E-state index is 0.203. The molecular formula is C20H27NO3. The highest BCUT2D eigenvalue weighted by molar-refractivity contribution is 5.96. The van der Waals surface area contributed by atoms with Crippen LogP contribution in [0.25, 0.3) is 5.57 Å². The summed E-state index contributed by atoms with van der Waals surface area (Å²) >= 11 is 0. The predicted molar refractivity (Wildman–Crippen MR) is 97.0 cm³/mol. The molecule has 1 saturated heterocycles. The molecule has 4 heteroatoms. The van der Waals surface area contributed by atoms with Gasteiger partial charge in [-0.25, -0.2) is 0 Å². The van der Waals surface area contributed by atoms with E-state index in [1.165, 1.54) is 0 Å². The zero-order chi connectivity index (χ0) is 17.5. The van der Waals surface area contributed by atoms with Crippen LogP contribution in [0.2, 0.25) is 0 Å². The van der Waals surface area contributed by atoms with Crippen LogP contribution in [-0.4, -0.2) is 23.0 Å². The van der Waals surface area contributed by atoms with E-state index in [0.29, 0.717) is 6.42 Å². The van der Waals surface area contributed by atoms with Crippen molar-refractivity contribution in [2.45, 2.75) is 64.3 Å². The Balaban J connectivity index is 1.87. The van der Waals surface area contributed by atoms with Crippen molar-refractivity contribution in [3.05, 3.63) is 36.4 Å². The number of nitrogens with zero attached hydrogens (tertiary/aromatic N) is 1. The highest BCUT2D eigenvalue weighted by Crippen LogP contribution is 2.30. The molecular weight excluding hydrogens is 302 g/mol. The second-order valence-electron chi connectivity index (χ2n) is 6.63. The van der Waals surface area contributed by atoms with E-state index in [2.05, 4.69) is 6.58 Å². The number of amides is 1. The van der Waals surface area contributed by atoms with Crippen molar-refractivity contribution in [2.24, 2.45) is 0 Å².